The van der Waals surface area contributed by atoms with Gasteiger partial charge in [-0.05, 0) is 75.5 Å². The standard InChI is InChI=1S/C25H31N5O2/c1-16-13-18(29-12-10-19(15-29)30-11-4-5-17(30)2)6-9-22(16)26-25(31)24-21-8-7-20(32-3)14-23(21)27-28-24/h6-9,13-14,17,19H,4-5,10-12,15H2,1-3H3,(H,26,31)(H,27,28). The van der Waals surface area contributed by atoms with Gasteiger partial charge in [0.05, 0.1) is 12.6 Å². The Kier molecular flexibility index (Phi) is 5.51. The van der Waals surface area contributed by atoms with Crippen LogP contribution in [0, 0.1) is 6.92 Å². The summed E-state index contributed by atoms with van der Waals surface area (Å²) in [6, 6.07) is 13.2. The lowest BCUT2D eigenvalue weighted by Gasteiger charge is -2.28. The second kappa shape index (κ2) is 8.47. The SMILES string of the molecule is COc1ccc2c(C(=O)Nc3ccc(N4CCC(N5CCCC5C)C4)cc3C)n[nH]c2c1. The van der Waals surface area contributed by atoms with Gasteiger partial charge in [0.25, 0.3) is 5.91 Å². The largest absolute Gasteiger partial charge is 0.497 e. The number of rotatable bonds is 5. The summed E-state index contributed by atoms with van der Waals surface area (Å²) in [5, 5.41) is 10.9. The van der Waals surface area contributed by atoms with Crippen LogP contribution in [0.2, 0.25) is 0 Å². The van der Waals surface area contributed by atoms with Crippen LogP contribution < -0.4 is 15.0 Å². The summed E-state index contributed by atoms with van der Waals surface area (Å²) in [6.07, 6.45) is 3.87. The van der Waals surface area contributed by atoms with Crippen molar-refractivity contribution in [2.75, 3.05) is 37.0 Å². The molecule has 0 saturated carbocycles. The van der Waals surface area contributed by atoms with Crippen molar-refractivity contribution in [3.05, 3.63) is 47.7 Å². The predicted octanol–water partition coefficient (Wildman–Crippen LogP) is 4.20. The number of nitrogens with zero attached hydrogens (tertiary/aromatic N) is 3. The van der Waals surface area contributed by atoms with Gasteiger partial charge in [-0.1, -0.05) is 0 Å². The van der Waals surface area contributed by atoms with Crippen molar-refractivity contribution in [1.82, 2.24) is 15.1 Å². The number of methoxy groups -OCH3 is 1. The third-order valence-corrected chi connectivity index (χ3v) is 7.05. The molecule has 0 aliphatic carbocycles. The molecule has 168 valence electrons. The molecule has 2 atom stereocenters. The number of ether oxygens (including phenoxy) is 1. The number of hydrogen-bond acceptors (Lipinski definition) is 5. The quantitative estimate of drug-likeness (QED) is 0.631. The molecule has 2 aliphatic heterocycles. The molecule has 5 rings (SSSR count). The van der Waals surface area contributed by atoms with Crippen LogP contribution in [0.15, 0.2) is 36.4 Å². The Morgan fingerprint density at radius 2 is 2.06 bits per heavy atom. The van der Waals surface area contributed by atoms with E-state index in [1.807, 2.05) is 31.2 Å². The maximum atomic E-state index is 12.9. The molecule has 2 saturated heterocycles. The highest BCUT2D eigenvalue weighted by atomic mass is 16.5. The van der Waals surface area contributed by atoms with Crippen LogP contribution in [0.4, 0.5) is 11.4 Å². The Hall–Kier alpha value is -3.06. The van der Waals surface area contributed by atoms with Crippen molar-refractivity contribution in [2.24, 2.45) is 0 Å². The maximum absolute atomic E-state index is 12.9. The van der Waals surface area contributed by atoms with Crippen molar-refractivity contribution in [2.45, 2.75) is 45.2 Å². The minimum absolute atomic E-state index is 0.221. The second-order valence-corrected chi connectivity index (χ2v) is 9.05. The van der Waals surface area contributed by atoms with E-state index in [1.165, 1.54) is 31.5 Å². The fourth-order valence-corrected chi connectivity index (χ4v) is 5.21. The first kappa shape index (κ1) is 20.8. The van der Waals surface area contributed by atoms with Crippen LogP contribution in [0.25, 0.3) is 10.9 Å². The number of amides is 1. The van der Waals surface area contributed by atoms with E-state index in [1.54, 1.807) is 7.11 Å². The van der Waals surface area contributed by atoms with E-state index in [4.69, 9.17) is 4.74 Å². The number of carbonyl (C=O) groups is 1. The zero-order valence-corrected chi connectivity index (χ0v) is 19.0. The second-order valence-electron chi connectivity index (χ2n) is 9.05. The summed E-state index contributed by atoms with van der Waals surface area (Å²) >= 11 is 0. The molecule has 32 heavy (non-hydrogen) atoms. The first-order valence-corrected chi connectivity index (χ1v) is 11.5. The summed E-state index contributed by atoms with van der Waals surface area (Å²) in [6.45, 7) is 7.80. The highest BCUT2D eigenvalue weighted by Gasteiger charge is 2.33. The molecule has 0 bridgehead atoms. The van der Waals surface area contributed by atoms with Gasteiger partial charge in [0.1, 0.15) is 5.75 Å². The lowest BCUT2D eigenvalue weighted by atomic mass is 10.1. The minimum Gasteiger partial charge on any atom is -0.497 e. The van der Waals surface area contributed by atoms with Crippen LogP contribution in [0.1, 0.15) is 42.2 Å². The van der Waals surface area contributed by atoms with Gasteiger partial charge in [0.15, 0.2) is 5.69 Å². The van der Waals surface area contributed by atoms with E-state index in [0.29, 0.717) is 17.8 Å². The van der Waals surface area contributed by atoms with Gasteiger partial charge in [0.2, 0.25) is 0 Å². The number of carbonyl (C=O) groups excluding carboxylic acids is 1. The molecular formula is C25H31N5O2. The Morgan fingerprint density at radius 3 is 2.81 bits per heavy atom. The fourth-order valence-electron chi connectivity index (χ4n) is 5.21. The number of likely N-dealkylation sites (tertiary alicyclic amines) is 1. The van der Waals surface area contributed by atoms with Crippen molar-refractivity contribution in [3.63, 3.8) is 0 Å². The zero-order chi connectivity index (χ0) is 22.2. The number of anilines is 2. The smallest absolute Gasteiger partial charge is 0.276 e. The summed E-state index contributed by atoms with van der Waals surface area (Å²) in [5.41, 5.74) is 4.25. The molecule has 1 aromatic heterocycles. The van der Waals surface area contributed by atoms with Gasteiger partial charge in [-0.2, -0.15) is 5.10 Å². The van der Waals surface area contributed by atoms with Crippen molar-refractivity contribution < 1.29 is 9.53 Å². The zero-order valence-electron chi connectivity index (χ0n) is 19.0. The van der Waals surface area contributed by atoms with E-state index in [2.05, 4.69) is 44.4 Å². The minimum atomic E-state index is -0.221. The van der Waals surface area contributed by atoms with Crippen molar-refractivity contribution in [3.8, 4) is 5.75 Å². The van der Waals surface area contributed by atoms with Gasteiger partial charge in [-0.3, -0.25) is 14.8 Å². The molecule has 2 unspecified atom stereocenters. The fraction of sp³-hybridized carbons (Fsp3) is 0.440. The number of nitrogens with one attached hydrogen (secondary N) is 2. The number of H-pyrrole nitrogens is 1. The predicted molar refractivity (Wildman–Crippen MR) is 128 cm³/mol. The first-order chi connectivity index (χ1) is 15.5. The van der Waals surface area contributed by atoms with Gasteiger partial charge in [-0.25, -0.2) is 0 Å². The third-order valence-electron chi connectivity index (χ3n) is 7.05. The maximum Gasteiger partial charge on any atom is 0.276 e. The van der Waals surface area contributed by atoms with Gasteiger partial charge >= 0.3 is 0 Å². The number of aromatic nitrogens is 2. The molecule has 2 fully saturated rings. The van der Waals surface area contributed by atoms with Crippen LogP contribution in [-0.4, -0.2) is 59.8 Å². The van der Waals surface area contributed by atoms with E-state index in [-0.39, 0.29) is 5.91 Å². The van der Waals surface area contributed by atoms with Crippen LogP contribution in [0.5, 0.6) is 5.75 Å². The van der Waals surface area contributed by atoms with Crippen molar-refractivity contribution in [1.29, 1.82) is 0 Å². The molecular weight excluding hydrogens is 402 g/mol. The van der Waals surface area contributed by atoms with Crippen LogP contribution in [-0.2, 0) is 0 Å². The summed E-state index contributed by atoms with van der Waals surface area (Å²) in [7, 11) is 1.62. The molecule has 3 heterocycles. The van der Waals surface area contributed by atoms with Gasteiger partial charge in [0, 0.05) is 48.0 Å². The van der Waals surface area contributed by atoms with E-state index in [0.717, 1.165) is 41.0 Å². The summed E-state index contributed by atoms with van der Waals surface area (Å²) in [4.78, 5) is 18.1. The van der Waals surface area contributed by atoms with Gasteiger partial charge < -0.3 is 15.0 Å². The van der Waals surface area contributed by atoms with E-state index < -0.39 is 0 Å². The summed E-state index contributed by atoms with van der Waals surface area (Å²) in [5.74, 6) is 0.504. The van der Waals surface area contributed by atoms with E-state index in [9.17, 15) is 4.79 Å². The average molecular weight is 434 g/mol. The molecule has 1 amide bonds. The Labute approximate surface area is 188 Å². The topological polar surface area (TPSA) is 73.5 Å². The molecule has 2 aliphatic rings. The number of hydrogen-bond donors (Lipinski definition) is 2. The highest BCUT2D eigenvalue weighted by molar-refractivity contribution is 6.11. The third kappa shape index (κ3) is 3.81. The monoisotopic (exact) mass is 433 g/mol. The molecule has 2 N–H and O–H groups in total. The first-order valence-electron chi connectivity index (χ1n) is 11.5. The molecule has 0 spiro atoms. The normalized spacial score (nSPS) is 21.4. The van der Waals surface area contributed by atoms with Gasteiger partial charge in [-0.15, -0.1) is 0 Å². The molecule has 7 nitrogen and oxygen atoms in total. The van der Waals surface area contributed by atoms with E-state index >= 15 is 0 Å². The molecule has 7 heteroatoms. The lowest BCUT2D eigenvalue weighted by Crippen LogP contribution is -2.39. The average Bonchev–Trinajstić information content (AvgIpc) is 3.53. The number of benzene rings is 2. The number of aromatic amines is 1. The molecule has 3 aromatic rings. The summed E-state index contributed by atoms with van der Waals surface area (Å²) < 4.78 is 5.24. The lowest BCUT2D eigenvalue weighted by molar-refractivity contribution is 0.102. The molecule has 0 radical (unpaired) electrons. The number of aryl methyl sites for hydroxylation is 1. The van der Waals surface area contributed by atoms with Crippen LogP contribution >= 0.6 is 0 Å². The number of fused-ring (bicyclic) bond motifs is 1. The Bertz CT molecular complexity index is 1140. The Balaban J connectivity index is 1.28. The molecule has 2 aromatic carbocycles. The van der Waals surface area contributed by atoms with Crippen LogP contribution in [0.3, 0.4) is 0 Å². The van der Waals surface area contributed by atoms with Crippen molar-refractivity contribution >= 4 is 28.2 Å². The highest BCUT2D eigenvalue weighted by Crippen LogP contribution is 2.30. The Morgan fingerprint density at radius 1 is 1.19 bits per heavy atom.